The topological polar surface area (TPSA) is 94.7 Å². The number of hydrogen-bond donors (Lipinski definition) is 1. The number of ether oxygens (including phenoxy) is 2. The number of anilines is 1. The zero-order valence-corrected chi connectivity index (χ0v) is 31.0. The molecule has 7 rings (SSSR count). The molecule has 0 bridgehead atoms. The van der Waals surface area contributed by atoms with Crippen LogP contribution in [-0.4, -0.2) is 105 Å². The van der Waals surface area contributed by atoms with Crippen LogP contribution in [-0.2, 0) is 27.3 Å². The fourth-order valence-corrected chi connectivity index (χ4v) is 9.15. The molecule has 0 spiro atoms. The highest BCUT2D eigenvalue weighted by molar-refractivity contribution is 6.01. The molecule has 10 nitrogen and oxygen atoms in total. The van der Waals surface area contributed by atoms with Crippen LogP contribution >= 0.6 is 0 Å². The Hall–Kier alpha value is -4.44. The molecule has 11 heteroatoms. The van der Waals surface area contributed by atoms with Crippen molar-refractivity contribution in [3.05, 3.63) is 75.6 Å². The number of likely N-dealkylation sites (N-methyl/N-ethyl adjacent to an activating group) is 1. The summed E-state index contributed by atoms with van der Waals surface area (Å²) >= 11 is 0. The Morgan fingerprint density at radius 1 is 0.942 bits per heavy atom. The largest absolute Gasteiger partial charge is 0.496 e. The molecule has 3 atom stereocenters. The van der Waals surface area contributed by atoms with E-state index in [-0.39, 0.29) is 23.8 Å². The van der Waals surface area contributed by atoms with Gasteiger partial charge in [0.1, 0.15) is 23.4 Å². The lowest BCUT2D eigenvalue weighted by Gasteiger charge is -2.45. The van der Waals surface area contributed by atoms with Crippen molar-refractivity contribution < 1.29 is 28.2 Å². The maximum Gasteiger partial charge on any atom is 0.234 e. The Morgan fingerprint density at radius 2 is 1.67 bits per heavy atom. The van der Waals surface area contributed by atoms with E-state index in [0.29, 0.717) is 37.7 Å². The summed E-state index contributed by atoms with van der Waals surface area (Å²) in [7, 11) is 5.23. The average Bonchev–Trinajstić information content (AvgIpc) is 3.58. The van der Waals surface area contributed by atoms with Crippen LogP contribution in [0.3, 0.4) is 0 Å². The number of allylic oxidation sites excluding steroid dienone is 3. The number of fused-ring (bicyclic) bond motifs is 1. The van der Waals surface area contributed by atoms with Crippen LogP contribution in [0.15, 0.2) is 53.4 Å². The summed E-state index contributed by atoms with van der Waals surface area (Å²) in [5.74, 6) is 2.82. The molecule has 2 amide bonds. The quantitative estimate of drug-likeness (QED) is 0.300. The van der Waals surface area contributed by atoms with E-state index in [1.54, 1.807) is 14.2 Å². The Bertz CT molecular complexity index is 1830. The average molecular weight is 712 g/mol. The summed E-state index contributed by atoms with van der Waals surface area (Å²) in [6, 6.07) is 10.3. The molecule has 52 heavy (non-hydrogen) atoms. The predicted molar refractivity (Wildman–Crippen MR) is 199 cm³/mol. The van der Waals surface area contributed by atoms with Gasteiger partial charge in [0, 0.05) is 63.1 Å². The lowest BCUT2D eigenvalue weighted by molar-refractivity contribution is -0.134. The zero-order chi connectivity index (χ0) is 36.7. The fraction of sp³-hybridized carbons (Fsp3) is 0.512. The molecule has 1 N–H and O–H groups in total. The number of likely N-dealkylation sites (tertiary alicyclic amines) is 2. The number of methoxy groups -OCH3 is 2. The van der Waals surface area contributed by atoms with Gasteiger partial charge in [-0.05, 0) is 105 Å². The van der Waals surface area contributed by atoms with E-state index < -0.39 is 6.17 Å². The van der Waals surface area contributed by atoms with Gasteiger partial charge in [-0.2, -0.15) is 0 Å². The van der Waals surface area contributed by atoms with Gasteiger partial charge in [-0.1, -0.05) is 12.1 Å². The third-order valence-corrected chi connectivity index (χ3v) is 12.1. The van der Waals surface area contributed by atoms with Gasteiger partial charge >= 0.3 is 0 Å². The first-order chi connectivity index (χ1) is 25.1. The third-order valence-electron chi connectivity index (χ3n) is 12.1. The molecule has 5 heterocycles. The van der Waals surface area contributed by atoms with Crippen molar-refractivity contribution in [1.29, 1.82) is 0 Å². The smallest absolute Gasteiger partial charge is 0.234 e. The molecule has 0 aliphatic carbocycles. The molecule has 0 saturated carbocycles. The fourth-order valence-electron chi connectivity index (χ4n) is 9.15. The van der Waals surface area contributed by atoms with Crippen LogP contribution in [0.4, 0.5) is 10.1 Å². The highest BCUT2D eigenvalue weighted by Crippen LogP contribution is 2.42. The molecule has 3 saturated heterocycles. The van der Waals surface area contributed by atoms with E-state index >= 15 is 4.39 Å². The second kappa shape index (κ2) is 14.9. The van der Waals surface area contributed by atoms with Gasteiger partial charge in [-0.15, -0.1) is 0 Å². The molecular weight excluding hydrogens is 661 g/mol. The monoisotopic (exact) mass is 711 g/mol. The highest BCUT2D eigenvalue weighted by atomic mass is 19.1. The molecule has 5 aliphatic rings. The first-order valence-electron chi connectivity index (χ1n) is 18.6. The first kappa shape index (κ1) is 35.9. The first-order valence-corrected chi connectivity index (χ1v) is 18.6. The number of benzene rings is 2. The maximum atomic E-state index is 16.1. The second-order valence-electron chi connectivity index (χ2n) is 14.9. The van der Waals surface area contributed by atoms with Crippen LogP contribution in [0.1, 0.15) is 74.1 Å². The predicted octanol–water partition coefficient (Wildman–Crippen LogP) is 5.00. The molecule has 0 radical (unpaired) electrons. The number of nitrogens with one attached hydrogen (secondary N) is 1. The van der Waals surface area contributed by atoms with E-state index in [1.165, 1.54) is 0 Å². The van der Waals surface area contributed by atoms with Crippen LogP contribution in [0, 0.1) is 0 Å². The van der Waals surface area contributed by atoms with E-state index in [0.717, 1.165) is 108 Å². The number of alkyl halides is 1. The van der Waals surface area contributed by atoms with Gasteiger partial charge in [-0.25, -0.2) is 9.18 Å². The minimum Gasteiger partial charge on any atom is -0.496 e. The number of halogens is 1. The van der Waals surface area contributed by atoms with Gasteiger partial charge in [-0.3, -0.25) is 24.7 Å². The standard InChI is InChI=1S/C41H50FN5O5/c1-25-26(2)37(24-48)44(3)21-32(25)27-19-38(51-4)33(39(20-27)52-5)22-45-15-11-28(12-16-45)46-17-14-36(34(42)23-46)47-18-13-30-29(7-6-8-35(30)47)31-9-10-40(49)43-41(31)50/h6-8,19-21,28,31,34,36H,9-18,22-23H2,1-5H3,(H,43,49,50)/t31-,34+,36-/m1/s1. The van der Waals surface area contributed by atoms with Gasteiger partial charge in [0.25, 0.3) is 0 Å². The summed E-state index contributed by atoms with van der Waals surface area (Å²) in [4.78, 5) is 44.8. The van der Waals surface area contributed by atoms with E-state index in [1.807, 2.05) is 44.1 Å². The summed E-state index contributed by atoms with van der Waals surface area (Å²) in [6.45, 7) is 8.48. The van der Waals surface area contributed by atoms with Crippen molar-refractivity contribution in [2.45, 2.75) is 83.1 Å². The number of amides is 2. The maximum absolute atomic E-state index is 16.1. The molecule has 3 fully saturated rings. The Kier molecular flexibility index (Phi) is 10.3. The van der Waals surface area contributed by atoms with Crippen molar-refractivity contribution >= 4 is 29.0 Å². The molecule has 2 aromatic carbocycles. The van der Waals surface area contributed by atoms with Crippen molar-refractivity contribution in [3.63, 3.8) is 0 Å². The van der Waals surface area contributed by atoms with Crippen LogP contribution in [0.25, 0.3) is 5.57 Å². The summed E-state index contributed by atoms with van der Waals surface area (Å²) in [5, 5.41) is 2.50. The number of carbonyl (C=O) groups excluding carboxylic acids is 3. The number of nitrogens with zero attached hydrogens (tertiary/aromatic N) is 4. The number of carbonyl (C=O) groups is 2. The number of piperidine rings is 3. The Labute approximate surface area is 305 Å². The van der Waals surface area contributed by atoms with Crippen molar-refractivity contribution in [3.8, 4) is 11.5 Å². The van der Waals surface area contributed by atoms with Crippen molar-refractivity contribution in [2.75, 3.05) is 58.9 Å². The lowest BCUT2D eigenvalue weighted by atomic mass is 9.86. The van der Waals surface area contributed by atoms with E-state index in [4.69, 9.17) is 9.47 Å². The summed E-state index contributed by atoms with van der Waals surface area (Å²) < 4.78 is 28.0. The minimum absolute atomic E-state index is 0.186. The third kappa shape index (κ3) is 6.66. The van der Waals surface area contributed by atoms with Crippen LogP contribution < -0.4 is 19.7 Å². The van der Waals surface area contributed by atoms with Crippen molar-refractivity contribution in [2.24, 2.45) is 0 Å². The number of rotatable bonds is 8. The Morgan fingerprint density at radius 3 is 2.33 bits per heavy atom. The van der Waals surface area contributed by atoms with Gasteiger partial charge in [0.15, 0.2) is 5.94 Å². The lowest BCUT2D eigenvalue weighted by Crippen LogP contribution is -2.56. The molecule has 2 aromatic rings. The molecule has 0 unspecified atom stereocenters. The molecule has 0 aromatic heterocycles. The van der Waals surface area contributed by atoms with Gasteiger partial charge in [0.05, 0.1) is 31.7 Å². The van der Waals surface area contributed by atoms with Gasteiger partial charge < -0.3 is 19.3 Å². The van der Waals surface area contributed by atoms with Gasteiger partial charge in [0.2, 0.25) is 11.8 Å². The number of hydrogen-bond acceptors (Lipinski definition) is 9. The second-order valence-corrected chi connectivity index (χ2v) is 14.9. The summed E-state index contributed by atoms with van der Waals surface area (Å²) in [5.41, 5.74) is 8.57. The summed E-state index contributed by atoms with van der Waals surface area (Å²) in [6.07, 6.45) is 5.35. The molecule has 5 aliphatic heterocycles. The Balaban J connectivity index is 0.975. The normalized spacial score (nSPS) is 24.8. The SMILES string of the molecule is COc1cc(C2=CN(C)C(=C=O)C(C)=C2C)cc(OC)c1CN1CCC(N2CC[C@@H](N3CCc4c([C@H]5CCC(=O)NC5=O)cccc43)[C@@H](F)C2)CC1. The van der Waals surface area contributed by atoms with E-state index in [2.05, 4.69) is 44.2 Å². The molecule has 276 valence electrons. The van der Waals surface area contributed by atoms with Crippen LogP contribution in [0.2, 0.25) is 0 Å². The minimum atomic E-state index is -0.966. The number of imide groups is 1. The van der Waals surface area contributed by atoms with Crippen LogP contribution in [0.5, 0.6) is 11.5 Å². The molecular formula is C41H50FN5O5. The zero-order valence-electron chi connectivity index (χ0n) is 31.0. The highest BCUT2D eigenvalue weighted by Gasteiger charge is 2.40. The van der Waals surface area contributed by atoms with E-state index in [9.17, 15) is 14.4 Å². The van der Waals surface area contributed by atoms with Crippen molar-refractivity contribution in [1.82, 2.24) is 20.0 Å².